The molecule has 1 aliphatic carbocycles. The summed E-state index contributed by atoms with van der Waals surface area (Å²) >= 11 is 1.70. The summed E-state index contributed by atoms with van der Waals surface area (Å²) in [6.45, 7) is 2.68. The molecule has 1 aliphatic heterocycles. The van der Waals surface area contributed by atoms with Crippen molar-refractivity contribution in [2.45, 2.75) is 31.8 Å². The van der Waals surface area contributed by atoms with Crippen LogP contribution >= 0.6 is 11.3 Å². The van der Waals surface area contributed by atoms with Crippen molar-refractivity contribution in [3.05, 3.63) is 29.4 Å². The molecule has 5 rings (SSSR count). The molecule has 0 atom stereocenters. The third-order valence-corrected chi connectivity index (χ3v) is 5.15. The summed E-state index contributed by atoms with van der Waals surface area (Å²) in [4.78, 5) is 11.1. The van der Waals surface area contributed by atoms with E-state index in [1.54, 1.807) is 17.7 Å². The Bertz CT molecular complexity index is 818. The van der Waals surface area contributed by atoms with Crippen LogP contribution in [0.15, 0.2) is 17.8 Å². The molecule has 3 aromatic heterocycles. The molecule has 4 heterocycles. The molecule has 0 N–H and O–H groups in total. The lowest BCUT2D eigenvalue weighted by atomic mass is 10.3. The summed E-state index contributed by atoms with van der Waals surface area (Å²) in [5.41, 5.74) is 1.02. The Kier molecular flexibility index (Phi) is 2.34. The van der Waals surface area contributed by atoms with Crippen molar-refractivity contribution in [3.8, 4) is 0 Å². The maximum atomic E-state index is 4.50. The van der Waals surface area contributed by atoms with Crippen molar-refractivity contribution in [1.82, 2.24) is 24.7 Å². The van der Waals surface area contributed by atoms with Gasteiger partial charge in [0.1, 0.15) is 18.0 Å². The molecule has 0 bridgehead atoms. The standard InChI is InChI=1S/C14H14N6S/c1-2-9(1)13-18-17-11-7-19(4-5-20(11)13)14-12-10(3-6-21-12)15-8-16-14/h3,6,8-9H,1-2,4-5,7H2. The van der Waals surface area contributed by atoms with Gasteiger partial charge in [0.05, 0.1) is 16.8 Å². The smallest absolute Gasteiger partial charge is 0.152 e. The molecule has 1 saturated carbocycles. The van der Waals surface area contributed by atoms with Crippen LogP contribution in [-0.4, -0.2) is 31.3 Å². The first-order chi connectivity index (χ1) is 10.4. The predicted octanol–water partition coefficient (Wildman–Crippen LogP) is 2.18. The zero-order valence-electron chi connectivity index (χ0n) is 11.4. The monoisotopic (exact) mass is 298 g/mol. The van der Waals surface area contributed by atoms with E-state index in [2.05, 4.69) is 35.0 Å². The Hall–Kier alpha value is -2.02. The van der Waals surface area contributed by atoms with Crippen LogP contribution in [0.3, 0.4) is 0 Å². The third kappa shape index (κ3) is 1.77. The van der Waals surface area contributed by atoms with Crippen molar-refractivity contribution in [2.24, 2.45) is 0 Å². The number of fused-ring (bicyclic) bond motifs is 2. The Morgan fingerprint density at radius 3 is 3.00 bits per heavy atom. The van der Waals surface area contributed by atoms with E-state index >= 15 is 0 Å². The topological polar surface area (TPSA) is 59.7 Å². The zero-order chi connectivity index (χ0) is 13.8. The molecule has 0 saturated heterocycles. The molecule has 6 nitrogen and oxygen atoms in total. The molecule has 0 radical (unpaired) electrons. The molecule has 0 spiro atoms. The Morgan fingerprint density at radius 1 is 1.14 bits per heavy atom. The normalized spacial score (nSPS) is 18.2. The lowest BCUT2D eigenvalue weighted by Gasteiger charge is -2.28. The summed E-state index contributed by atoms with van der Waals surface area (Å²) in [7, 11) is 0. The number of anilines is 1. The van der Waals surface area contributed by atoms with Gasteiger partial charge < -0.3 is 9.47 Å². The van der Waals surface area contributed by atoms with Gasteiger partial charge in [-0.15, -0.1) is 21.5 Å². The van der Waals surface area contributed by atoms with E-state index in [0.717, 1.165) is 41.5 Å². The van der Waals surface area contributed by atoms with Crippen LogP contribution < -0.4 is 4.90 Å². The fourth-order valence-electron chi connectivity index (χ4n) is 3.01. The highest BCUT2D eigenvalue weighted by atomic mass is 32.1. The van der Waals surface area contributed by atoms with Gasteiger partial charge in [-0.3, -0.25) is 0 Å². The molecule has 0 amide bonds. The Balaban J connectivity index is 1.53. The van der Waals surface area contributed by atoms with Crippen LogP contribution in [0.25, 0.3) is 10.2 Å². The van der Waals surface area contributed by atoms with E-state index in [4.69, 9.17) is 0 Å². The van der Waals surface area contributed by atoms with Gasteiger partial charge >= 0.3 is 0 Å². The molecule has 0 aromatic carbocycles. The van der Waals surface area contributed by atoms with Crippen LogP contribution in [0, 0.1) is 0 Å². The van der Waals surface area contributed by atoms with Crippen LogP contribution in [0.2, 0.25) is 0 Å². The fourth-order valence-corrected chi connectivity index (χ4v) is 3.87. The minimum atomic E-state index is 0.654. The first-order valence-corrected chi connectivity index (χ1v) is 8.13. The third-order valence-electron chi connectivity index (χ3n) is 4.25. The minimum absolute atomic E-state index is 0.654. The molecular formula is C14H14N6S. The highest BCUT2D eigenvalue weighted by Crippen LogP contribution is 2.40. The number of nitrogens with zero attached hydrogens (tertiary/aromatic N) is 6. The second-order valence-corrected chi connectivity index (χ2v) is 6.57. The predicted molar refractivity (Wildman–Crippen MR) is 80.5 cm³/mol. The zero-order valence-corrected chi connectivity index (χ0v) is 12.3. The van der Waals surface area contributed by atoms with Crippen molar-refractivity contribution in [2.75, 3.05) is 11.4 Å². The highest BCUT2D eigenvalue weighted by molar-refractivity contribution is 7.17. The van der Waals surface area contributed by atoms with E-state index in [0.29, 0.717) is 5.92 Å². The summed E-state index contributed by atoms with van der Waals surface area (Å²) in [5, 5.41) is 10.9. The molecule has 1 fully saturated rings. The molecule has 2 aliphatic rings. The van der Waals surface area contributed by atoms with Gasteiger partial charge in [-0.2, -0.15) is 0 Å². The number of hydrogen-bond acceptors (Lipinski definition) is 6. The number of thiophene rings is 1. The minimum Gasteiger partial charge on any atom is -0.346 e. The first kappa shape index (κ1) is 11.6. The summed E-state index contributed by atoms with van der Waals surface area (Å²) in [6.07, 6.45) is 4.19. The molecule has 21 heavy (non-hydrogen) atoms. The van der Waals surface area contributed by atoms with Crippen molar-refractivity contribution in [3.63, 3.8) is 0 Å². The Labute approximate surface area is 125 Å². The van der Waals surface area contributed by atoms with Gasteiger partial charge in [0, 0.05) is 19.0 Å². The molecule has 0 unspecified atom stereocenters. The quantitative estimate of drug-likeness (QED) is 0.726. The van der Waals surface area contributed by atoms with Gasteiger partial charge in [-0.1, -0.05) is 0 Å². The summed E-state index contributed by atoms with van der Waals surface area (Å²) in [5.74, 6) is 3.93. The van der Waals surface area contributed by atoms with E-state index in [1.807, 2.05) is 6.07 Å². The van der Waals surface area contributed by atoms with Crippen LogP contribution in [0.1, 0.15) is 30.4 Å². The van der Waals surface area contributed by atoms with Crippen molar-refractivity contribution < 1.29 is 0 Å². The molecule has 3 aromatic rings. The summed E-state index contributed by atoms with van der Waals surface area (Å²) < 4.78 is 3.47. The second kappa shape index (κ2) is 4.24. The fraction of sp³-hybridized carbons (Fsp3) is 0.429. The van der Waals surface area contributed by atoms with Gasteiger partial charge in [0.15, 0.2) is 5.82 Å². The average Bonchev–Trinajstić information content (AvgIpc) is 3.10. The van der Waals surface area contributed by atoms with Gasteiger partial charge in [0.25, 0.3) is 0 Å². The summed E-state index contributed by atoms with van der Waals surface area (Å²) in [6, 6.07) is 2.04. The SMILES string of the molecule is c1nc(N2CCn3c(nnc3C3CC3)C2)c2sccc2n1. The van der Waals surface area contributed by atoms with Gasteiger partial charge in [-0.25, -0.2) is 9.97 Å². The van der Waals surface area contributed by atoms with Gasteiger partial charge in [-0.05, 0) is 24.3 Å². The number of hydrogen-bond donors (Lipinski definition) is 0. The van der Waals surface area contributed by atoms with Crippen molar-refractivity contribution in [1.29, 1.82) is 0 Å². The number of aromatic nitrogens is 5. The van der Waals surface area contributed by atoms with Gasteiger partial charge in [0.2, 0.25) is 0 Å². The lowest BCUT2D eigenvalue weighted by molar-refractivity contribution is 0.541. The molecule has 106 valence electrons. The van der Waals surface area contributed by atoms with E-state index in [1.165, 1.54) is 18.7 Å². The van der Waals surface area contributed by atoms with Crippen molar-refractivity contribution >= 4 is 27.4 Å². The second-order valence-electron chi connectivity index (χ2n) is 5.65. The highest BCUT2D eigenvalue weighted by Gasteiger charge is 2.32. The van der Waals surface area contributed by atoms with E-state index in [9.17, 15) is 0 Å². The Morgan fingerprint density at radius 2 is 2.10 bits per heavy atom. The van der Waals surface area contributed by atoms with Crippen LogP contribution in [0.4, 0.5) is 5.82 Å². The largest absolute Gasteiger partial charge is 0.346 e. The number of rotatable bonds is 2. The molecule has 7 heteroatoms. The van der Waals surface area contributed by atoms with E-state index in [-0.39, 0.29) is 0 Å². The first-order valence-electron chi connectivity index (χ1n) is 7.25. The maximum absolute atomic E-state index is 4.50. The molecular weight excluding hydrogens is 284 g/mol. The maximum Gasteiger partial charge on any atom is 0.152 e. The van der Waals surface area contributed by atoms with Crippen LogP contribution in [0.5, 0.6) is 0 Å². The average molecular weight is 298 g/mol. The van der Waals surface area contributed by atoms with Crippen LogP contribution in [-0.2, 0) is 13.1 Å². The lowest BCUT2D eigenvalue weighted by Crippen LogP contribution is -2.35. The van der Waals surface area contributed by atoms with E-state index < -0.39 is 0 Å².